The van der Waals surface area contributed by atoms with E-state index in [1.807, 2.05) is 0 Å². The van der Waals surface area contributed by atoms with Crippen LogP contribution in [0.4, 0.5) is 0 Å². The Kier molecular flexibility index (Phi) is 44.6. The maximum absolute atomic E-state index is 15.6. The van der Waals surface area contributed by atoms with Crippen LogP contribution in [0.1, 0.15) is 98.1 Å². The first kappa shape index (κ1) is 118. The lowest BCUT2D eigenvalue weighted by molar-refractivity contribution is -0.142. The number of thioether (sulfide) groups is 5. The second-order valence-electron chi connectivity index (χ2n) is 37.1. The SMILES string of the molecule is C=C1NC(=O)[C@H](Cc2c[nH]c3ccccc23)NC(=O)[C@@H](NC(=O)/C(=C/C)NC(=O)[C@@H](N)C(C)C)CSC[C@@H](C(=O)N[C@@H]2C(=O)N3CCC[C@H]3C(=O)NCC(=O)N[C@H](C(=O)N[C@H](C(=O)N[C@H]3CSC[C@@H]4NC(=O)[C@H](CC(=O)O)NC(=O)[C@H](CSC[C@@H]5NC(=O)[C@H](Cc6ccccc6)NC(=O)[C@H](CS/C=C\NC5=O)NC4=O)NC(=O)CNC(=O)CNC(=O)CNC(=O)[C@@H]4CCCN4C3=O)[C@@H](C)O)CSC2C)NC(=O)[C@H](CC(C)C)NC1=O. The molecule has 0 spiro atoms. The third-order valence-corrected chi connectivity index (χ3v) is 30.4. The molecule has 6 fully saturated rings. The summed E-state index contributed by atoms with van der Waals surface area (Å²) in [4.78, 5) is 353. The molecule has 1 unspecified atom stereocenters. The number of allylic oxidation sites excluding steroid dienone is 1. The van der Waals surface area contributed by atoms with Crippen molar-refractivity contribution in [3.8, 4) is 0 Å². The monoisotopic (exact) mass is 2180 g/mol. The Morgan fingerprint density at radius 1 is 0.520 bits per heavy atom. The molecule has 0 aliphatic carbocycles. The zero-order chi connectivity index (χ0) is 109. The zero-order valence-corrected chi connectivity index (χ0v) is 87.2. The van der Waals surface area contributed by atoms with E-state index in [9.17, 15) is 91.7 Å². The Morgan fingerprint density at radius 2 is 1.05 bits per heavy atom. The van der Waals surface area contributed by atoms with Crippen molar-refractivity contribution in [1.29, 1.82) is 0 Å². The number of benzene rings is 2. The predicted octanol–water partition coefficient (Wildman–Crippen LogP) is -8.57. The number of carbonyl (C=O) groups excluding carboxylic acids is 23. The van der Waals surface area contributed by atoms with Gasteiger partial charge < -0.3 is 142 Å². The second kappa shape index (κ2) is 56.7. The van der Waals surface area contributed by atoms with Gasteiger partial charge in [0.2, 0.25) is 124 Å². The number of aliphatic hydroxyl groups is 1. The van der Waals surface area contributed by atoms with Crippen LogP contribution in [0.5, 0.6) is 0 Å². The summed E-state index contributed by atoms with van der Waals surface area (Å²) < 4.78 is 0. The summed E-state index contributed by atoms with van der Waals surface area (Å²) in [5, 5.41) is 75.2. The van der Waals surface area contributed by atoms with E-state index in [1.165, 1.54) is 31.5 Å². The van der Waals surface area contributed by atoms with Crippen molar-refractivity contribution in [2.24, 2.45) is 17.6 Å². The van der Waals surface area contributed by atoms with Crippen molar-refractivity contribution in [1.82, 2.24) is 126 Å². The maximum Gasteiger partial charge on any atom is 0.305 e. The van der Waals surface area contributed by atoms with Crippen molar-refractivity contribution >= 4 is 212 Å². The van der Waals surface area contributed by atoms with E-state index in [1.54, 1.807) is 88.5 Å². The Balaban J connectivity index is 0.965. The standard InChI is InChI=1S/C94H127N25O26S5/c1-9-52(105-91(142)73(95)45(4)5)78(129)111-61-39-148-41-63(113-80(131)54(27-44(2)3)106-76(127)46(6)102-79(130)56(108-85(61)136)29-50-31-97-53-20-14-13-19-51(50)53)87(138)117-75-48(8)150-43-64(104-71(124)35-101-90(141)67-22-16-25-119(67)94(75)145)88(139)116-74(47(7)120)92(143)115-65-42-149-40-62-86(137)114-60-36-146-26-23-96-77(128)58(110-81(132)55(107-84(60)135)28-49-17-11-10-12-18-49)37-147-38-59(83(134)109-57(30-72(125)126)82(133)112-62)103-70(123)34-99-68(121)32-98-69(122)33-100-89(140)66-21-15-24-118(66)93(65)144/h9-14,17-20,23,26,31,44-45,47-48,54-67,73-75,97,120H,6,15-16,21-22,24-25,27-30,32-43,95H2,1-5,7-8H3,(H,96,128)(H,98,122)(H,99,121)(H,100,140)(H,101,141)(H,102,130)(H,103,123)(H,104,124)(H,105,142)(H,106,127)(H,107,135)(H,108,136)(H,109,134)(H,110,132)(H,111,129)(H,112,133)(H,113,131)(H,114,137)(H,115,143)(H,116,139)(H,117,138)(H,125,126)/b26-23-,52-9-/t47-,48?,54+,55+,56+,57+,58+,59+,60+,61+,62+,63+,64+,65+,66+,67+,73+,74+,75+/m1/s1. The molecule has 6 saturated heterocycles. The lowest BCUT2D eigenvalue weighted by atomic mass is 10.0. The van der Waals surface area contributed by atoms with Gasteiger partial charge in [-0.2, -0.15) is 47.0 Å². The first-order valence-corrected chi connectivity index (χ1v) is 54.0. The van der Waals surface area contributed by atoms with Crippen LogP contribution in [0, 0.1) is 11.8 Å². The number of hydrogen-bond donors (Lipinski definition) is 25. The fourth-order valence-corrected chi connectivity index (χ4v) is 21.6. The molecule has 51 nitrogen and oxygen atoms in total. The van der Waals surface area contributed by atoms with Crippen molar-refractivity contribution < 1.29 is 125 Å². The van der Waals surface area contributed by atoms with Gasteiger partial charge in [-0.05, 0) is 80.4 Å². The van der Waals surface area contributed by atoms with Gasteiger partial charge in [-0.25, -0.2) is 0 Å². The predicted molar refractivity (Wildman–Crippen MR) is 550 cm³/mol. The highest BCUT2D eigenvalue weighted by Crippen LogP contribution is 2.28. The largest absolute Gasteiger partial charge is 0.481 e. The number of carboxylic acids is 1. The van der Waals surface area contributed by atoms with E-state index in [4.69, 9.17) is 5.73 Å². The number of rotatable bonds is 20. The Morgan fingerprint density at radius 3 is 1.69 bits per heavy atom. The molecule has 8 heterocycles. The van der Waals surface area contributed by atoms with Gasteiger partial charge in [0.1, 0.15) is 102 Å². The van der Waals surface area contributed by atoms with E-state index in [-0.39, 0.29) is 81.2 Å². The Labute approximate surface area is 882 Å². The lowest BCUT2D eigenvalue weighted by Gasteiger charge is -2.33. The van der Waals surface area contributed by atoms with Crippen LogP contribution < -0.4 is 117 Å². The number of nitrogens with two attached hydrogens (primary N) is 1. The topological polar surface area (TPSA) is 751 Å². The van der Waals surface area contributed by atoms with Gasteiger partial charge in [0.05, 0.1) is 50.4 Å². The quantitative estimate of drug-likeness (QED) is 0.0467. The van der Waals surface area contributed by atoms with Crippen LogP contribution in [0.15, 0.2) is 96.5 Å². The summed E-state index contributed by atoms with van der Waals surface area (Å²) in [6.07, 6.45) is 0.511. The fourth-order valence-electron chi connectivity index (χ4n) is 16.5. The number of fused-ring (bicyclic) bond motifs is 15. The molecule has 3 aromatic rings. The highest BCUT2D eigenvalue weighted by atomic mass is 32.2. The van der Waals surface area contributed by atoms with Crippen molar-refractivity contribution in [3.05, 3.63) is 108 Å². The molecule has 26 N–H and O–H groups in total. The van der Waals surface area contributed by atoms with Gasteiger partial charge in [0.25, 0.3) is 11.8 Å². The molecular formula is C94H127N25O26S5. The van der Waals surface area contributed by atoms with Gasteiger partial charge in [0, 0.05) is 101 Å². The molecule has 19 atom stereocenters. The van der Waals surface area contributed by atoms with Crippen LogP contribution in [0.2, 0.25) is 0 Å². The molecule has 7 aliphatic heterocycles. The van der Waals surface area contributed by atoms with Crippen LogP contribution in [0.3, 0.4) is 0 Å². The number of aliphatic carboxylic acids is 1. The average Bonchev–Trinajstić information content (AvgIpc) is 1.61. The molecule has 7 aliphatic rings. The molecule has 0 radical (unpaired) electrons. The molecule has 56 heteroatoms. The van der Waals surface area contributed by atoms with Crippen LogP contribution in [-0.4, -0.2) is 366 Å². The Bertz CT molecular complexity index is 5660. The van der Waals surface area contributed by atoms with Crippen molar-refractivity contribution in [2.45, 2.75) is 214 Å². The lowest BCUT2D eigenvalue weighted by Crippen LogP contribution is -2.62. The van der Waals surface area contributed by atoms with Crippen LogP contribution >= 0.6 is 58.8 Å². The number of carboxylic acid groups (broad SMARTS) is 1. The minimum atomic E-state index is -2.17. The van der Waals surface area contributed by atoms with E-state index in [0.29, 0.717) is 33.8 Å². The molecular weight excluding hydrogens is 2060 g/mol. The van der Waals surface area contributed by atoms with Gasteiger partial charge in [-0.1, -0.05) is 95.8 Å². The number of aromatic nitrogens is 1. The number of aromatic amines is 1. The van der Waals surface area contributed by atoms with Crippen molar-refractivity contribution in [3.63, 3.8) is 0 Å². The van der Waals surface area contributed by atoms with Gasteiger partial charge in [0.15, 0.2) is 0 Å². The Hall–Kier alpha value is -13.9. The summed E-state index contributed by atoms with van der Waals surface area (Å²) in [6.45, 7) is 10.7. The smallest absolute Gasteiger partial charge is 0.305 e. The van der Waals surface area contributed by atoms with E-state index < -0.39 is 335 Å². The fraction of sp³-hybridized carbons (Fsp3) is 0.532. The second-order valence-corrected chi connectivity index (χ2v) is 42.6. The normalized spacial score (nSPS) is 27.1. The van der Waals surface area contributed by atoms with E-state index in [2.05, 4.69) is 123 Å². The van der Waals surface area contributed by atoms with Gasteiger partial charge >= 0.3 is 5.97 Å². The van der Waals surface area contributed by atoms with E-state index >= 15 is 33.6 Å². The molecule has 4 bridgehead atoms. The third kappa shape index (κ3) is 34.3. The minimum Gasteiger partial charge on any atom is -0.481 e. The number of aliphatic hydroxyl groups excluding tert-OH is 1. The number of hydrogen-bond acceptors (Lipinski definition) is 31. The zero-order valence-electron chi connectivity index (χ0n) is 83.1. The summed E-state index contributed by atoms with van der Waals surface area (Å²) >= 11 is 3.80. The van der Waals surface area contributed by atoms with Crippen molar-refractivity contribution in [2.75, 3.05) is 85.3 Å². The molecule has 150 heavy (non-hydrogen) atoms. The third-order valence-electron chi connectivity index (χ3n) is 24.8. The minimum absolute atomic E-state index is 0.0266. The highest BCUT2D eigenvalue weighted by molar-refractivity contribution is 8.02. The molecule has 1 aromatic heterocycles. The molecule has 814 valence electrons. The first-order chi connectivity index (χ1) is 71.3. The maximum atomic E-state index is 15.6. The highest BCUT2D eigenvalue weighted by Gasteiger charge is 2.47. The van der Waals surface area contributed by atoms with E-state index in [0.717, 1.165) is 63.8 Å². The number of carbonyl (C=O) groups is 24. The molecule has 2 aromatic carbocycles. The molecule has 0 saturated carbocycles. The number of amides is 23. The summed E-state index contributed by atoms with van der Waals surface area (Å²) in [5.74, 6) is -30.9. The summed E-state index contributed by atoms with van der Waals surface area (Å²) in [6, 6.07) is -13.4. The summed E-state index contributed by atoms with van der Waals surface area (Å²) in [7, 11) is 0. The molecule has 10 rings (SSSR count). The van der Waals surface area contributed by atoms with Gasteiger partial charge in [-0.15, -0.1) is 11.8 Å². The number of nitrogens with one attached hydrogen (secondary N) is 22. The molecule has 23 amide bonds. The van der Waals surface area contributed by atoms with Crippen LogP contribution in [0.25, 0.3) is 10.9 Å². The number of para-hydroxylation sites is 1. The number of nitrogens with zero attached hydrogens (tertiary/aromatic N) is 2. The van der Waals surface area contributed by atoms with Gasteiger partial charge in [-0.3, -0.25) is 115 Å². The van der Waals surface area contributed by atoms with Crippen LogP contribution in [-0.2, 0) is 128 Å². The average molecular weight is 2180 g/mol. The summed E-state index contributed by atoms with van der Waals surface area (Å²) in [5.41, 5.74) is 6.89. The first-order valence-electron chi connectivity index (χ1n) is 48.4. The number of H-pyrrole nitrogens is 1.